The number of ether oxygens (including phenoxy) is 1. The third-order valence-electron chi connectivity index (χ3n) is 7.27. The lowest BCUT2D eigenvalue weighted by molar-refractivity contribution is -0.139. The van der Waals surface area contributed by atoms with Crippen molar-refractivity contribution in [2.75, 3.05) is 13.7 Å². The highest BCUT2D eigenvalue weighted by atomic mass is 79.9. The van der Waals surface area contributed by atoms with E-state index < -0.39 is 17.8 Å². The summed E-state index contributed by atoms with van der Waals surface area (Å²) in [5, 5.41) is 10.4. The van der Waals surface area contributed by atoms with E-state index in [9.17, 15) is 24.3 Å². The Kier molecular flexibility index (Phi) is 5.16. The molecule has 1 aliphatic heterocycles. The third-order valence-corrected chi connectivity index (χ3v) is 7.86. The highest BCUT2D eigenvalue weighted by Crippen LogP contribution is 2.55. The standard InChI is InChI=1S/C25H22BrNO6/c1-3-27-24(31)13-6-5-12-14(21(13)25(27)32)9-15-22(18(29)10-16(26)23(15)30)20(12)11-4-7-19(33-2)17(28)8-11/h4-5,7-8,10,13-14,20-21,28H,3,6,9H2,1-2H3/t13-,14+,20-,21-/m0/s1. The van der Waals surface area contributed by atoms with Crippen molar-refractivity contribution in [3.8, 4) is 11.5 Å². The molecule has 2 amide bonds. The van der Waals surface area contributed by atoms with Gasteiger partial charge in [0.25, 0.3) is 0 Å². The van der Waals surface area contributed by atoms with Crippen molar-refractivity contribution < 1.29 is 29.0 Å². The number of carbonyl (C=O) groups is 4. The van der Waals surface area contributed by atoms with E-state index in [-0.39, 0.29) is 46.0 Å². The van der Waals surface area contributed by atoms with Crippen LogP contribution in [0.25, 0.3) is 0 Å². The van der Waals surface area contributed by atoms with Gasteiger partial charge >= 0.3 is 0 Å². The van der Waals surface area contributed by atoms with Crippen LogP contribution in [0.2, 0.25) is 0 Å². The van der Waals surface area contributed by atoms with Crippen molar-refractivity contribution in [2.45, 2.75) is 25.7 Å². The lowest BCUT2D eigenvalue weighted by atomic mass is 9.59. The minimum atomic E-state index is -0.594. The monoisotopic (exact) mass is 511 g/mol. The zero-order valence-corrected chi connectivity index (χ0v) is 19.7. The van der Waals surface area contributed by atoms with Crippen molar-refractivity contribution in [3.05, 3.63) is 57.1 Å². The maximum Gasteiger partial charge on any atom is 0.233 e. The van der Waals surface area contributed by atoms with Crippen LogP contribution < -0.4 is 4.74 Å². The number of phenolic OH excluding ortho intramolecular Hbond substituents is 1. The van der Waals surface area contributed by atoms with Gasteiger partial charge in [-0.3, -0.25) is 24.1 Å². The summed E-state index contributed by atoms with van der Waals surface area (Å²) in [6, 6.07) is 4.91. The molecule has 170 valence electrons. The highest BCUT2D eigenvalue weighted by molar-refractivity contribution is 9.12. The number of methoxy groups -OCH3 is 1. The molecule has 0 unspecified atom stereocenters. The summed E-state index contributed by atoms with van der Waals surface area (Å²) in [4.78, 5) is 53.6. The van der Waals surface area contributed by atoms with Gasteiger partial charge in [0.05, 0.1) is 23.4 Å². The summed E-state index contributed by atoms with van der Waals surface area (Å²) in [5.41, 5.74) is 2.23. The normalized spacial score (nSPS) is 28.9. The number of halogens is 1. The number of likely N-dealkylation sites (tertiary alicyclic amines) is 1. The van der Waals surface area contributed by atoms with Gasteiger partial charge in [-0.2, -0.15) is 0 Å². The van der Waals surface area contributed by atoms with E-state index in [1.54, 1.807) is 19.1 Å². The molecule has 1 heterocycles. The van der Waals surface area contributed by atoms with Crippen molar-refractivity contribution in [3.63, 3.8) is 0 Å². The number of rotatable bonds is 3. The second kappa shape index (κ2) is 7.80. The van der Waals surface area contributed by atoms with E-state index in [0.717, 1.165) is 5.57 Å². The lowest BCUT2D eigenvalue weighted by Crippen LogP contribution is -2.39. The molecular weight excluding hydrogens is 490 g/mol. The molecule has 3 aliphatic carbocycles. The molecule has 4 atom stereocenters. The first kappa shape index (κ1) is 21.8. The number of Topliss-reactive ketones (excluding diaryl/α,β-unsaturated/α-hetero) is 1. The Morgan fingerprint density at radius 1 is 1.15 bits per heavy atom. The van der Waals surface area contributed by atoms with Crippen LogP contribution in [0.3, 0.4) is 0 Å². The van der Waals surface area contributed by atoms with Crippen molar-refractivity contribution in [2.24, 2.45) is 17.8 Å². The highest BCUT2D eigenvalue weighted by Gasteiger charge is 2.55. The zero-order chi connectivity index (χ0) is 23.6. The molecule has 0 bridgehead atoms. The van der Waals surface area contributed by atoms with E-state index in [1.807, 2.05) is 6.08 Å². The van der Waals surface area contributed by atoms with Crippen molar-refractivity contribution in [1.82, 2.24) is 4.90 Å². The number of benzene rings is 1. The predicted molar refractivity (Wildman–Crippen MR) is 122 cm³/mol. The number of ketones is 2. The number of imide groups is 1. The summed E-state index contributed by atoms with van der Waals surface area (Å²) in [7, 11) is 1.45. The molecule has 1 saturated heterocycles. The summed E-state index contributed by atoms with van der Waals surface area (Å²) in [6.07, 6.45) is 3.87. The fraction of sp³-hybridized carbons (Fsp3) is 0.360. The molecule has 1 fully saturated rings. The first-order chi connectivity index (χ1) is 15.8. The Labute approximate surface area is 198 Å². The van der Waals surface area contributed by atoms with Gasteiger partial charge in [-0.15, -0.1) is 0 Å². The van der Waals surface area contributed by atoms with E-state index in [1.165, 1.54) is 24.2 Å². The van der Waals surface area contributed by atoms with Crippen LogP contribution in [-0.2, 0) is 19.2 Å². The molecule has 1 N–H and O–H groups in total. The number of amides is 2. The van der Waals surface area contributed by atoms with Gasteiger partial charge in [0.1, 0.15) is 0 Å². The minimum absolute atomic E-state index is 0.0795. The number of carbonyl (C=O) groups excluding carboxylic acids is 4. The molecule has 1 aromatic carbocycles. The van der Waals surface area contributed by atoms with Gasteiger partial charge < -0.3 is 9.84 Å². The van der Waals surface area contributed by atoms with Gasteiger partial charge in [-0.25, -0.2) is 0 Å². The molecule has 0 spiro atoms. The number of hydrogen-bond donors (Lipinski definition) is 1. The summed E-state index contributed by atoms with van der Waals surface area (Å²) >= 11 is 3.21. The van der Waals surface area contributed by atoms with Crippen LogP contribution in [0.1, 0.15) is 31.2 Å². The molecule has 4 aliphatic rings. The number of allylic oxidation sites excluding steroid dienone is 6. The second-order valence-corrected chi connectivity index (χ2v) is 9.60. The Bertz CT molecular complexity index is 1230. The number of nitrogens with zero attached hydrogens (tertiary/aromatic N) is 1. The molecule has 0 radical (unpaired) electrons. The number of fused-ring (bicyclic) bond motifs is 3. The topological polar surface area (TPSA) is 101 Å². The van der Waals surface area contributed by atoms with E-state index in [0.29, 0.717) is 35.4 Å². The van der Waals surface area contributed by atoms with E-state index in [2.05, 4.69) is 15.9 Å². The Balaban J connectivity index is 1.70. The van der Waals surface area contributed by atoms with Gasteiger partial charge in [0.2, 0.25) is 11.8 Å². The first-order valence-electron chi connectivity index (χ1n) is 10.9. The van der Waals surface area contributed by atoms with Crippen molar-refractivity contribution >= 4 is 39.3 Å². The third kappa shape index (κ3) is 3.07. The second-order valence-electron chi connectivity index (χ2n) is 8.75. The zero-order valence-electron chi connectivity index (χ0n) is 18.1. The van der Waals surface area contributed by atoms with Crippen LogP contribution in [0, 0.1) is 17.8 Å². The largest absolute Gasteiger partial charge is 0.504 e. The molecule has 33 heavy (non-hydrogen) atoms. The van der Waals surface area contributed by atoms with Gasteiger partial charge in [0, 0.05) is 29.7 Å². The van der Waals surface area contributed by atoms with Crippen LogP contribution in [0.5, 0.6) is 11.5 Å². The molecule has 8 heteroatoms. The number of aromatic hydroxyl groups is 1. The maximum atomic E-state index is 13.2. The molecule has 1 aromatic rings. The van der Waals surface area contributed by atoms with Gasteiger partial charge in [0.15, 0.2) is 23.1 Å². The Morgan fingerprint density at radius 3 is 2.58 bits per heavy atom. The quantitative estimate of drug-likeness (QED) is 0.380. The van der Waals surface area contributed by atoms with Gasteiger partial charge in [-0.1, -0.05) is 17.7 Å². The van der Waals surface area contributed by atoms with Crippen LogP contribution in [-0.4, -0.2) is 47.0 Å². The van der Waals surface area contributed by atoms with Gasteiger partial charge in [-0.05, 0) is 59.3 Å². The molecular formula is C25H22BrNO6. The first-order valence-corrected chi connectivity index (χ1v) is 11.7. The maximum absolute atomic E-state index is 13.2. The van der Waals surface area contributed by atoms with E-state index >= 15 is 0 Å². The molecule has 0 saturated carbocycles. The minimum Gasteiger partial charge on any atom is -0.504 e. The molecule has 7 nitrogen and oxygen atoms in total. The average molecular weight is 512 g/mol. The lowest BCUT2D eigenvalue weighted by Gasteiger charge is -2.42. The summed E-state index contributed by atoms with van der Waals surface area (Å²) in [6.45, 7) is 2.08. The van der Waals surface area contributed by atoms with Crippen LogP contribution in [0.4, 0.5) is 0 Å². The Hall–Kier alpha value is -3.00. The summed E-state index contributed by atoms with van der Waals surface area (Å²) in [5.74, 6) is -2.71. The average Bonchev–Trinajstić information content (AvgIpc) is 3.05. The van der Waals surface area contributed by atoms with Crippen LogP contribution in [0.15, 0.2) is 51.6 Å². The van der Waals surface area contributed by atoms with Crippen LogP contribution >= 0.6 is 15.9 Å². The number of phenols is 1. The fourth-order valence-electron chi connectivity index (χ4n) is 5.85. The van der Waals surface area contributed by atoms with Crippen molar-refractivity contribution in [1.29, 1.82) is 0 Å². The summed E-state index contributed by atoms with van der Waals surface area (Å²) < 4.78 is 5.35. The predicted octanol–water partition coefficient (Wildman–Crippen LogP) is 3.18. The molecule has 0 aromatic heterocycles. The SMILES string of the molecule is CCN1C(=O)[C@H]2[C@H](CC=C3[C@H](c4ccc(OC)c(O)c4)C4=C(C[C@H]32)C(=O)C(Br)=CC4=O)C1=O. The fourth-order valence-corrected chi connectivity index (χ4v) is 6.30. The molecule has 5 rings (SSSR count). The number of hydrogen-bond acceptors (Lipinski definition) is 6. The Morgan fingerprint density at radius 2 is 1.91 bits per heavy atom. The van der Waals surface area contributed by atoms with E-state index in [4.69, 9.17) is 4.74 Å². The smallest absolute Gasteiger partial charge is 0.233 e.